The molecule has 2 aromatic rings. The summed E-state index contributed by atoms with van der Waals surface area (Å²) in [4.78, 5) is 28.1. The third kappa shape index (κ3) is 8.54. The highest BCUT2D eigenvalue weighted by atomic mass is 79.9. The number of carbonyl (C=O) groups excluding carboxylic acids is 2. The summed E-state index contributed by atoms with van der Waals surface area (Å²) in [5, 5.41) is 2.90. The zero-order chi connectivity index (χ0) is 26.2. The fourth-order valence-corrected chi connectivity index (χ4v) is 4.60. The lowest BCUT2D eigenvalue weighted by Gasteiger charge is -2.33. The first-order valence-electron chi connectivity index (χ1n) is 11.4. The zero-order valence-corrected chi connectivity index (χ0v) is 23.2. The van der Waals surface area contributed by atoms with Gasteiger partial charge in [-0.3, -0.25) is 13.9 Å². The van der Waals surface area contributed by atoms with Gasteiger partial charge in [-0.1, -0.05) is 48.8 Å². The monoisotopic (exact) mass is 567 g/mol. The van der Waals surface area contributed by atoms with Crippen LogP contribution in [0.5, 0.6) is 5.75 Å². The number of sulfonamides is 1. The smallest absolute Gasteiger partial charge is 0.244 e. The van der Waals surface area contributed by atoms with Crippen LogP contribution in [0, 0.1) is 5.92 Å². The summed E-state index contributed by atoms with van der Waals surface area (Å²) in [6, 6.07) is 13.1. The molecule has 0 spiro atoms. The van der Waals surface area contributed by atoms with Gasteiger partial charge in [0.1, 0.15) is 18.3 Å². The molecule has 0 radical (unpaired) electrons. The molecule has 0 fully saturated rings. The maximum atomic E-state index is 13.6. The quantitative estimate of drug-likeness (QED) is 0.420. The van der Waals surface area contributed by atoms with Gasteiger partial charge in [-0.05, 0) is 54.3 Å². The second kappa shape index (κ2) is 12.9. The summed E-state index contributed by atoms with van der Waals surface area (Å²) in [6.45, 7) is 6.01. The number of methoxy groups -OCH3 is 1. The Labute approximate surface area is 216 Å². The highest BCUT2D eigenvalue weighted by molar-refractivity contribution is 9.10. The van der Waals surface area contributed by atoms with E-state index in [0.717, 1.165) is 20.6 Å². The highest BCUT2D eigenvalue weighted by Crippen LogP contribution is 2.22. The van der Waals surface area contributed by atoms with Crippen LogP contribution in [-0.2, 0) is 26.2 Å². The lowest BCUT2D eigenvalue weighted by molar-refractivity contribution is -0.140. The Bertz CT molecular complexity index is 1090. The molecule has 0 saturated carbocycles. The molecular formula is C25H34BrN3O5S. The van der Waals surface area contributed by atoms with Gasteiger partial charge in [-0.2, -0.15) is 0 Å². The molecule has 192 valence electrons. The van der Waals surface area contributed by atoms with Crippen molar-refractivity contribution < 1.29 is 22.7 Å². The number of amides is 2. The number of hydrogen-bond donors (Lipinski definition) is 1. The van der Waals surface area contributed by atoms with Gasteiger partial charge >= 0.3 is 0 Å². The van der Waals surface area contributed by atoms with Gasteiger partial charge in [0, 0.05) is 17.6 Å². The summed E-state index contributed by atoms with van der Waals surface area (Å²) in [5.74, 6) is 0.186. The molecule has 8 nitrogen and oxygen atoms in total. The Morgan fingerprint density at radius 1 is 1.06 bits per heavy atom. The molecule has 0 heterocycles. The van der Waals surface area contributed by atoms with Crippen LogP contribution in [0.2, 0.25) is 0 Å². The van der Waals surface area contributed by atoms with Crippen molar-refractivity contribution in [3.05, 3.63) is 58.6 Å². The van der Waals surface area contributed by atoms with E-state index in [4.69, 9.17) is 4.74 Å². The van der Waals surface area contributed by atoms with Crippen LogP contribution in [0.3, 0.4) is 0 Å². The zero-order valence-electron chi connectivity index (χ0n) is 20.8. The molecule has 2 amide bonds. The van der Waals surface area contributed by atoms with Gasteiger partial charge in [-0.15, -0.1) is 0 Å². The maximum Gasteiger partial charge on any atom is 0.244 e. The largest absolute Gasteiger partial charge is 0.497 e. The molecule has 0 aliphatic heterocycles. The van der Waals surface area contributed by atoms with E-state index in [2.05, 4.69) is 21.2 Å². The van der Waals surface area contributed by atoms with Gasteiger partial charge in [0.15, 0.2) is 0 Å². The molecule has 2 aromatic carbocycles. The first-order valence-corrected chi connectivity index (χ1v) is 14.0. The van der Waals surface area contributed by atoms with E-state index in [0.29, 0.717) is 24.4 Å². The van der Waals surface area contributed by atoms with Gasteiger partial charge < -0.3 is 15.0 Å². The van der Waals surface area contributed by atoms with Crippen molar-refractivity contribution in [3.63, 3.8) is 0 Å². The van der Waals surface area contributed by atoms with E-state index < -0.39 is 28.5 Å². The number of rotatable bonds is 12. The predicted octanol–water partition coefficient (Wildman–Crippen LogP) is 3.80. The number of nitrogens with one attached hydrogen (secondary N) is 1. The number of hydrogen-bond acceptors (Lipinski definition) is 5. The van der Waals surface area contributed by atoms with E-state index in [1.165, 1.54) is 4.90 Å². The van der Waals surface area contributed by atoms with E-state index in [1.54, 1.807) is 43.5 Å². The Kier molecular flexibility index (Phi) is 10.6. The predicted molar refractivity (Wildman–Crippen MR) is 142 cm³/mol. The van der Waals surface area contributed by atoms with Gasteiger partial charge in [0.05, 0.1) is 19.1 Å². The number of nitrogens with zero attached hydrogens (tertiary/aromatic N) is 2. The first kappa shape index (κ1) is 28.6. The summed E-state index contributed by atoms with van der Waals surface area (Å²) < 4.78 is 32.3. The average molecular weight is 569 g/mol. The highest BCUT2D eigenvalue weighted by Gasteiger charge is 2.31. The van der Waals surface area contributed by atoms with E-state index in [-0.39, 0.29) is 18.4 Å². The van der Waals surface area contributed by atoms with Crippen LogP contribution < -0.4 is 14.4 Å². The Balaban J connectivity index is 2.40. The van der Waals surface area contributed by atoms with Crippen molar-refractivity contribution in [2.75, 3.05) is 30.8 Å². The Morgan fingerprint density at radius 3 is 2.14 bits per heavy atom. The molecule has 0 bridgehead atoms. The van der Waals surface area contributed by atoms with Crippen molar-refractivity contribution in [2.45, 2.75) is 39.8 Å². The second-order valence-electron chi connectivity index (χ2n) is 8.68. The summed E-state index contributed by atoms with van der Waals surface area (Å²) in [6.07, 6.45) is 1.44. The van der Waals surface area contributed by atoms with E-state index in [9.17, 15) is 18.0 Å². The molecule has 1 N–H and O–H groups in total. The molecular weight excluding hydrogens is 534 g/mol. The van der Waals surface area contributed by atoms with Crippen LogP contribution in [0.25, 0.3) is 0 Å². The minimum Gasteiger partial charge on any atom is -0.497 e. The minimum absolute atomic E-state index is 0.147. The SMILES string of the molecule is CC[C@H](C(=O)NCC(C)C)N(Cc1ccc(OC)cc1)C(=O)CN(c1ccc(Br)cc1)S(C)(=O)=O. The third-order valence-electron chi connectivity index (χ3n) is 5.38. The van der Waals surface area contributed by atoms with Gasteiger partial charge in [-0.25, -0.2) is 8.42 Å². The van der Waals surface area contributed by atoms with Crippen LogP contribution >= 0.6 is 15.9 Å². The van der Waals surface area contributed by atoms with Crippen LogP contribution in [0.15, 0.2) is 53.0 Å². The first-order chi connectivity index (χ1) is 16.5. The van der Waals surface area contributed by atoms with E-state index >= 15 is 0 Å². The second-order valence-corrected chi connectivity index (χ2v) is 11.5. The summed E-state index contributed by atoms with van der Waals surface area (Å²) in [5.41, 5.74) is 1.16. The molecule has 0 saturated heterocycles. The van der Waals surface area contributed by atoms with Crippen molar-refractivity contribution in [3.8, 4) is 5.75 Å². The van der Waals surface area contributed by atoms with Gasteiger partial charge in [0.25, 0.3) is 0 Å². The van der Waals surface area contributed by atoms with Crippen molar-refractivity contribution in [2.24, 2.45) is 5.92 Å². The number of carbonyl (C=O) groups is 2. The number of anilines is 1. The molecule has 0 aromatic heterocycles. The molecule has 1 atom stereocenters. The molecule has 0 unspecified atom stereocenters. The number of halogens is 1. The Morgan fingerprint density at radius 2 is 1.66 bits per heavy atom. The summed E-state index contributed by atoms with van der Waals surface area (Å²) >= 11 is 3.34. The normalized spacial score (nSPS) is 12.2. The molecule has 0 aliphatic carbocycles. The standard InChI is InChI=1S/C25H34BrN3O5S/c1-6-23(25(31)27-15-18(2)3)28(16-19-7-13-22(34-4)14-8-19)24(30)17-29(35(5,32)33)21-11-9-20(26)10-12-21/h7-14,18,23H,6,15-17H2,1-5H3,(H,27,31)/t23-/m1/s1. The fraction of sp³-hybridized carbons (Fsp3) is 0.440. The molecule has 10 heteroatoms. The van der Waals surface area contributed by atoms with Gasteiger partial charge in [0.2, 0.25) is 21.8 Å². The third-order valence-corrected chi connectivity index (χ3v) is 7.05. The fourth-order valence-electron chi connectivity index (χ4n) is 3.49. The topological polar surface area (TPSA) is 96.0 Å². The van der Waals surface area contributed by atoms with Crippen molar-refractivity contribution in [1.29, 1.82) is 0 Å². The lowest BCUT2D eigenvalue weighted by Crippen LogP contribution is -2.52. The van der Waals surface area contributed by atoms with E-state index in [1.807, 2.05) is 32.9 Å². The molecule has 35 heavy (non-hydrogen) atoms. The molecule has 0 aliphatic rings. The summed E-state index contributed by atoms with van der Waals surface area (Å²) in [7, 11) is -2.19. The number of ether oxygens (including phenoxy) is 1. The van der Waals surface area contributed by atoms with Crippen LogP contribution in [0.4, 0.5) is 5.69 Å². The van der Waals surface area contributed by atoms with Crippen LogP contribution in [0.1, 0.15) is 32.8 Å². The lowest BCUT2D eigenvalue weighted by atomic mass is 10.1. The minimum atomic E-state index is -3.76. The van der Waals surface area contributed by atoms with Crippen molar-refractivity contribution >= 4 is 43.5 Å². The molecule has 2 rings (SSSR count). The van der Waals surface area contributed by atoms with Crippen LogP contribution in [-0.4, -0.2) is 57.6 Å². The van der Waals surface area contributed by atoms with Crippen molar-refractivity contribution in [1.82, 2.24) is 10.2 Å². The number of benzene rings is 2. The Hall–Kier alpha value is -2.59. The maximum absolute atomic E-state index is 13.6. The average Bonchev–Trinajstić information content (AvgIpc) is 2.81.